The molecule has 0 heterocycles. The van der Waals surface area contributed by atoms with E-state index in [4.69, 9.17) is 9.47 Å². The van der Waals surface area contributed by atoms with Gasteiger partial charge in [-0.05, 0) is 45.7 Å². The molecule has 1 rings (SSSR count). The van der Waals surface area contributed by atoms with Crippen LogP contribution in [0.15, 0.2) is 24.3 Å². The van der Waals surface area contributed by atoms with Gasteiger partial charge in [0, 0.05) is 10.9 Å². The Morgan fingerprint density at radius 2 is 2.00 bits per heavy atom. The molecule has 0 saturated heterocycles. The minimum atomic E-state index is -0.467. The van der Waals surface area contributed by atoms with E-state index in [9.17, 15) is 4.79 Å². The molecule has 0 fully saturated rings. The first-order valence-corrected chi connectivity index (χ1v) is 8.76. The summed E-state index contributed by atoms with van der Waals surface area (Å²) in [5.41, 5.74) is 0.478. The molecule has 5 heteroatoms. The molecule has 1 aromatic rings. The van der Waals surface area contributed by atoms with Gasteiger partial charge < -0.3 is 14.8 Å². The lowest BCUT2D eigenvalue weighted by Gasteiger charge is -2.19. The van der Waals surface area contributed by atoms with E-state index in [1.54, 1.807) is 0 Å². The van der Waals surface area contributed by atoms with Crippen LogP contribution in [0, 0.1) is 11.8 Å². The lowest BCUT2D eigenvalue weighted by Crippen LogP contribution is -2.40. The highest BCUT2D eigenvalue weighted by atomic mass is 79.9. The number of unbranched alkanes of at least 4 members (excludes halogenated alkanes) is 1. The minimum Gasteiger partial charge on any atom is -0.492 e. The minimum absolute atomic E-state index is 0.0415. The molecule has 0 saturated carbocycles. The van der Waals surface area contributed by atoms with Crippen LogP contribution in [0.1, 0.15) is 39.2 Å². The van der Waals surface area contributed by atoms with E-state index in [-0.39, 0.29) is 12.1 Å². The van der Waals surface area contributed by atoms with Crippen molar-refractivity contribution in [1.82, 2.24) is 5.32 Å². The number of alkyl halides is 1. The van der Waals surface area contributed by atoms with Crippen molar-refractivity contribution in [3.05, 3.63) is 29.8 Å². The molecular weight excluding hydrogens is 358 g/mol. The molecule has 0 aliphatic rings. The number of halogens is 1. The van der Waals surface area contributed by atoms with Crippen LogP contribution >= 0.6 is 15.9 Å². The zero-order valence-corrected chi connectivity index (χ0v) is 15.5. The quantitative estimate of drug-likeness (QED) is 0.458. The fraction of sp³-hybridized carbons (Fsp3) is 0.500. The number of carbonyl (C=O) groups excluding carboxylic acids is 1. The Balaban J connectivity index is 2.49. The van der Waals surface area contributed by atoms with E-state index in [0.29, 0.717) is 6.61 Å². The van der Waals surface area contributed by atoms with Gasteiger partial charge in [-0.3, -0.25) is 0 Å². The number of hydrogen-bond donors (Lipinski definition) is 1. The number of nitrogens with one attached hydrogen (secondary N) is 1. The standard InChI is InChI=1S/C18H24BrNO3/c1-18(2,3)20-17(21)23-14-8-10-15-9-4-5-11-16(15)22-13-7-6-12-19/h4-5,9,11H,6-7,12-14H2,1-3H3,(H,20,21). The van der Waals surface area contributed by atoms with Crippen molar-refractivity contribution in [2.45, 2.75) is 39.2 Å². The molecule has 0 aliphatic carbocycles. The van der Waals surface area contributed by atoms with Crippen LogP contribution in [-0.4, -0.2) is 30.2 Å². The van der Waals surface area contributed by atoms with Gasteiger partial charge in [0.15, 0.2) is 6.61 Å². The van der Waals surface area contributed by atoms with Gasteiger partial charge in [-0.15, -0.1) is 0 Å². The lowest BCUT2D eigenvalue weighted by atomic mass is 10.1. The monoisotopic (exact) mass is 381 g/mol. The molecule has 0 atom stereocenters. The highest BCUT2D eigenvalue weighted by Crippen LogP contribution is 2.17. The number of ether oxygens (including phenoxy) is 2. The SMILES string of the molecule is CC(C)(C)NC(=O)OCC#Cc1ccccc1OCCCCBr. The maximum Gasteiger partial charge on any atom is 0.408 e. The maximum atomic E-state index is 11.5. The second kappa shape index (κ2) is 10.2. The Bertz CT molecular complexity index is 555. The van der Waals surface area contributed by atoms with Crippen molar-refractivity contribution < 1.29 is 14.3 Å². The van der Waals surface area contributed by atoms with E-state index in [1.807, 2.05) is 45.0 Å². The summed E-state index contributed by atoms with van der Waals surface area (Å²) in [7, 11) is 0. The van der Waals surface area contributed by atoms with Crippen molar-refractivity contribution >= 4 is 22.0 Å². The molecule has 0 unspecified atom stereocenters. The summed E-state index contributed by atoms with van der Waals surface area (Å²) in [6, 6.07) is 7.61. The van der Waals surface area contributed by atoms with Crippen LogP contribution in [0.5, 0.6) is 5.75 Å². The predicted octanol–water partition coefficient (Wildman–Crippen LogP) is 4.12. The number of benzene rings is 1. The van der Waals surface area contributed by atoms with E-state index >= 15 is 0 Å². The van der Waals surface area contributed by atoms with Crippen LogP contribution in [0.3, 0.4) is 0 Å². The van der Waals surface area contributed by atoms with E-state index < -0.39 is 6.09 Å². The molecule has 1 aromatic carbocycles. The third-order valence-corrected chi connectivity index (χ3v) is 3.21. The maximum absolute atomic E-state index is 11.5. The number of rotatable bonds is 6. The van der Waals surface area contributed by atoms with Crippen LogP contribution < -0.4 is 10.1 Å². The zero-order chi connectivity index (χ0) is 17.1. The Morgan fingerprint density at radius 3 is 2.70 bits per heavy atom. The Hall–Kier alpha value is -1.67. The van der Waals surface area contributed by atoms with Gasteiger partial charge in [-0.2, -0.15) is 0 Å². The second-order valence-electron chi connectivity index (χ2n) is 5.99. The third-order valence-electron chi connectivity index (χ3n) is 2.65. The molecule has 0 aromatic heterocycles. The molecule has 0 bridgehead atoms. The number of amides is 1. The highest BCUT2D eigenvalue weighted by Gasteiger charge is 2.13. The molecule has 1 N–H and O–H groups in total. The molecule has 0 spiro atoms. The molecule has 1 amide bonds. The summed E-state index contributed by atoms with van der Waals surface area (Å²) in [5.74, 6) is 6.58. The van der Waals surface area contributed by atoms with Gasteiger partial charge >= 0.3 is 6.09 Å². The first-order valence-electron chi connectivity index (χ1n) is 7.64. The summed E-state index contributed by atoms with van der Waals surface area (Å²) < 4.78 is 10.8. The van der Waals surface area contributed by atoms with Crippen molar-refractivity contribution in [2.75, 3.05) is 18.5 Å². The number of para-hydroxylation sites is 1. The average Bonchev–Trinajstić information content (AvgIpc) is 2.47. The summed E-state index contributed by atoms with van der Waals surface area (Å²) in [6.07, 6.45) is 1.60. The Labute approximate surface area is 147 Å². The van der Waals surface area contributed by atoms with Crippen LogP contribution in [0.4, 0.5) is 4.79 Å². The zero-order valence-electron chi connectivity index (χ0n) is 13.9. The van der Waals surface area contributed by atoms with Gasteiger partial charge in [-0.1, -0.05) is 39.9 Å². The van der Waals surface area contributed by atoms with Crippen LogP contribution in [-0.2, 0) is 4.74 Å². The van der Waals surface area contributed by atoms with E-state index in [1.165, 1.54) is 0 Å². The summed E-state index contributed by atoms with van der Waals surface area (Å²) in [4.78, 5) is 11.5. The van der Waals surface area contributed by atoms with Crippen molar-refractivity contribution in [3.8, 4) is 17.6 Å². The average molecular weight is 382 g/mol. The number of hydrogen-bond acceptors (Lipinski definition) is 3. The van der Waals surface area contributed by atoms with E-state index in [0.717, 1.165) is 29.5 Å². The van der Waals surface area contributed by atoms with Gasteiger partial charge in [-0.25, -0.2) is 4.79 Å². The summed E-state index contributed by atoms with van der Waals surface area (Å²) in [5, 5.41) is 3.69. The smallest absolute Gasteiger partial charge is 0.408 e. The molecule has 4 nitrogen and oxygen atoms in total. The van der Waals surface area contributed by atoms with E-state index in [2.05, 4.69) is 33.1 Å². The topological polar surface area (TPSA) is 47.6 Å². The highest BCUT2D eigenvalue weighted by molar-refractivity contribution is 9.09. The van der Waals surface area contributed by atoms with Crippen LogP contribution in [0.2, 0.25) is 0 Å². The fourth-order valence-corrected chi connectivity index (χ4v) is 2.05. The molecule has 23 heavy (non-hydrogen) atoms. The van der Waals surface area contributed by atoms with Gasteiger partial charge in [0.2, 0.25) is 0 Å². The molecule has 0 radical (unpaired) electrons. The number of alkyl carbamates (subject to hydrolysis) is 1. The summed E-state index contributed by atoms with van der Waals surface area (Å²) in [6.45, 7) is 6.38. The fourth-order valence-electron chi connectivity index (χ4n) is 1.65. The van der Waals surface area contributed by atoms with Gasteiger partial charge in [0.05, 0.1) is 12.2 Å². The first kappa shape index (κ1) is 19.4. The van der Waals surface area contributed by atoms with Gasteiger partial charge in [0.1, 0.15) is 5.75 Å². The molecule has 126 valence electrons. The Morgan fingerprint density at radius 1 is 1.26 bits per heavy atom. The van der Waals surface area contributed by atoms with Gasteiger partial charge in [0.25, 0.3) is 0 Å². The van der Waals surface area contributed by atoms with Crippen LogP contribution in [0.25, 0.3) is 0 Å². The predicted molar refractivity (Wildman–Crippen MR) is 96.1 cm³/mol. The summed E-state index contributed by atoms with van der Waals surface area (Å²) >= 11 is 3.40. The normalized spacial score (nSPS) is 10.4. The second-order valence-corrected chi connectivity index (χ2v) is 6.79. The third kappa shape index (κ3) is 9.14. The molecule has 0 aliphatic heterocycles. The van der Waals surface area contributed by atoms with Crippen molar-refractivity contribution in [3.63, 3.8) is 0 Å². The number of carbonyl (C=O) groups is 1. The first-order chi connectivity index (χ1) is 10.9. The van der Waals surface area contributed by atoms with Crippen molar-refractivity contribution in [1.29, 1.82) is 0 Å². The van der Waals surface area contributed by atoms with Crippen molar-refractivity contribution in [2.24, 2.45) is 0 Å². The largest absolute Gasteiger partial charge is 0.492 e. The lowest BCUT2D eigenvalue weighted by molar-refractivity contribution is 0.151. The molecular formula is C18H24BrNO3. The Kier molecular flexibility index (Phi) is 8.57.